The molecule has 1 aromatic carbocycles. The van der Waals surface area contributed by atoms with E-state index in [0.29, 0.717) is 22.9 Å². The van der Waals surface area contributed by atoms with E-state index in [1.165, 1.54) is 11.0 Å². The predicted molar refractivity (Wildman–Crippen MR) is 118 cm³/mol. The van der Waals surface area contributed by atoms with Gasteiger partial charge in [0.1, 0.15) is 28.4 Å². The number of fused-ring (bicyclic) bond motifs is 1. The van der Waals surface area contributed by atoms with Crippen molar-refractivity contribution in [3.63, 3.8) is 0 Å². The minimum Gasteiger partial charge on any atom is -0.338 e. The fourth-order valence-corrected chi connectivity index (χ4v) is 4.42. The minimum absolute atomic E-state index is 0.00118. The zero-order valence-corrected chi connectivity index (χ0v) is 18.8. The third-order valence-electron chi connectivity index (χ3n) is 6.54. The van der Waals surface area contributed by atoms with E-state index in [9.17, 15) is 40.7 Å². The number of nitrogens with zero attached hydrogens (tertiary/aromatic N) is 3. The number of rotatable bonds is 4. The number of hydrogen-bond donors (Lipinski definition) is 2. The van der Waals surface area contributed by atoms with Crippen molar-refractivity contribution in [2.24, 2.45) is 0 Å². The van der Waals surface area contributed by atoms with E-state index in [-0.39, 0.29) is 30.7 Å². The van der Waals surface area contributed by atoms with Crippen molar-refractivity contribution in [2.45, 2.75) is 31.0 Å². The summed E-state index contributed by atoms with van der Waals surface area (Å²) in [5, 5.41) is 4.04. The van der Waals surface area contributed by atoms with E-state index in [0.717, 1.165) is 6.07 Å². The fraction of sp³-hybridized carbons (Fsp3) is 0.304. The number of urea groups is 1. The molecule has 2 aromatic heterocycles. The first kappa shape index (κ1) is 24.6. The summed E-state index contributed by atoms with van der Waals surface area (Å²) < 4.78 is 84.7. The smallest absolute Gasteiger partial charge is 0.338 e. The molecule has 2 N–H and O–H groups in total. The van der Waals surface area contributed by atoms with Crippen LogP contribution in [-0.4, -0.2) is 46.3 Å². The van der Waals surface area contributed by atoms with Gasteiger partial charge in [0.15, 0.2) is 17.3 Å². The topological polar surface area (TPSA) is 96.3 Å². The van der Waals surface area contributed by atoms with Crippen molar-refractivity contribution in [3.8, 4) is 5.69 Å². The minimum atomic E-state index is -4.79. The second kappa shape index (κ2) is 8.49. The molecule has 1 saturated carbocycles. The normalized spacial score (nSPS) is 17.0. The molecule has 1 saturated heterocycles. The van der Waals surface area contributed by atoms with E-state index in [1.807, 2.05) is 5.32 Å². The highest BCUT2D eigenvalue weighted by molar-refractivity contribution is 5.98. The Morgan fingerprint density at radius 1 is 1.08 bits per heavy atom. The standard InChI is InChI=1S/C23H17F6N5O3/c24-11-8-14(25)17(15(26)9-11)34-10-13(20(36)32-22(4-1-5-22)23(27,28)29)18(35)12-2-3-16(31-19(12)34)33-7-6-30-21(33)37/h2-3,8-10H,1,4-7H2,(H,30,37)(H,32,36). The van der Waals surface area contributed by atoms with Crippen molar-refractivity contribution < 1.29 is 35.9 Å². The van der Waals surface area contributed by atoms with Crippen molar-refractivity contribution in [1.82, 2.24) is 20.2 Å². The largest absolute Gasteiger partial charge is 0.411 e. The number of alkyl halides is 3. The number of aromatic nitrogens is 2. The Kier molecular flexibility index (Phi) is 5.64. The molecule has 0 atom stereocenters. The van der Waals surface area contributed by atoms with Gasteiger partial charge in [0.05, 0.1) is 5.39 Å². The van der Waals surface area contributed by atoms with Crippen LogP contribution in [0.1, 0.15) is 29.6 Å². The zero-order chi connectivity index (χ0) is 26.7. The molecule has 3 aromatic rings. The Morgan fingerprint density at radius 3 is 2.30 bits per heavy atom. The average Bonchev–Trinajstić information content (AvgIpc) is 3.21. The maximum atomic E-state index is 14.8. The molecule has 3 amide bonds. The maximum absolute atomic E-state index is 14.8. The van der Waals surface area contributed by atoms with Gasteiger partial charge in [-0.1, -0.05) is 0 Å². The molecule has 14 heteroatoms. The summed E-state index contributed by atoms with van der Waals surface area (Å²) in [6.45, 7) is 0.480. The number of anilines is 1. The van der Waals surface area contributed by atoms with Crippen molar-refractivity contribution in [1.29, 1.82) is 0 Å². The third-order valence-corrected chi connectivity index (χ3v) is 6.54. The van der Waals surface area contributed by atoms with Crippen molar-refractivity contribution in [2.75, 3.05) is 18.0 Å². The molecule has 2 aliphatic rings. The lowest BCUT2D eigenvalue weighted by Gasteiger charge is -2.43. The van der Waals surface area contributed by atoms with Crippen LogP contribution in [0.4, 0.5) is 37.0 Å². The fourth-order valence-electron chi connectivity index (χ4n) is 4.42. The predicted octanol–water partition coefficient (Wildman–Crippen LogP) is 3.55. The van der Waals surface area contributed by atoms with E-state index in [1.54, 1.807) is 0 Å². The van der Waals surface area contributed by atoms with Gasteiger partial charge in [-0.2, -0.15) is 13.2 Å². The highest BCUT2D eigenvalue weighted by Crippen LogP contribution is 2.45. The number of benzene rings is 1. The summed E-state index contributed by atoms with van der Waals surface area (Å²) >= 11 is 0. The lowest BCUT2D eigenvalue weighted by Crippen LogP contribution is -2.63. The lowest BCUT2D eigenvalue weighted by molar-refractivity contribution is -0.215. The van der Waals surface area contributed by atoms with Crippen LogP contribution in [0.15, 0.2) is 35.3 Å². The molecule has 1 aliphatic carbocycles. The summed E-state index contributed by atoms with van der Waals surface area (Å²) in [5.41, 5.74) is -5.75. The van der Waals surface area contributed by atoms with Crippen LogP contribution < -0.4 is 21.0 Å². The molecule has 0 unspecified atom stereocenters. The summed E-state index contributed by atoms with van der Waals surface area (Å²) in [6.07, 6.45) is -4.73. The summed E-state index contributed by atoms with van der Waals surface area (Å²) in [5.74, 6) is -5.50. The molecule has 5 rings (SSSR count). The number of hydrogen-bond acceptors (Lipinski definition) is 4. The number of carbonyl (C=O) groups is 2. The van der Waals surface area contributed by atoms with Gasteiger partial charge in [-0.05, 0) is 31.4 Å². The lowest BCUT2D eigenvalue weighted by atomic mass is 9.76. The van der Waals surface area contributed by atoms with Gasteiger partial charge in [0.25, 0.3) is 5.91 Å². The second-order valence-corrected chi connectivity index (χ2v) is 8.77. The first-order valence-corrected chi connectivity index (χ1v) is 11.1. The van der Waals surface area contributed by atoms with Crippen molar-refractivity contribution in [3.05, 3.63) is 63.7 Å². The van der Waals surface area contributed by atoms with Gasteiger partial charge in [-0.3, -0.25) is 19.1 Å². The first-order chi connectivity index (χ1) is 17.4. The molecule has 37 heavy (non-hydrogen) atoms. The quantitative estimate of drug-likeness (QED) is 0.510. The van der Waals surface area contributed by atoms with E-state index < -0.39 is 76.3 Å². The number of amides is 3. The maximum Gasteiger partial charge on any atom is 0.411 e. The molecule has 0 radical (unpaired) electrons. The Balaban J connectivity index is 1.72. The number of carbonyl (C=O) groups excluding carboxylic acids is 2. The van der Waals surface area contributed by atoms with Crippen LogP contribution in [0.2, 0.25) is 0 Å². The van der Waals surface area contributed by atoms with Crippen LogP contribution in [0, 0.1) is 17.5 Å². The monoisotopic (exact) mass is 525 g/mol. The molecular weight excluding hydrogens is 508 g/mol. The zero-order valence-electron chi connectivity index (χ0n) is 18.8. The van der Waals surface area contributed by atoms with Gasteiger partial charge < -0.3 is 10.6 Å². The molecule has 8 nitrogen and oxygen atoms in total. The van der Waals surface area contributed by atoms with Gasteiger partial charge >= 0.3 is 12.2 Å². The molecule has 1 aliphatic heterocycles. The first-order valence-electron chi connectivity index (χ1n) is 11.1. The van der Waals surface area contributed by atoms with Gasteiger partial charge in [-0.25, -0.2) is 22.9 Å². The Labute approximate surface area is 203 Å². The molecule has 194 valence electrons. The van der Waals surface area contributed by atoms with Gasteiger partial charge in [-0.15, -0.1) is 0 Å². The SMILES string of the molecule is O=C(NC1(C(F)(F)F)CCC1)c1cn(-c2c(F)cc(F)cc2F)c2nc(N3CCNC3=O)ccc2c1=O. The molecule has 3 heterocycles. The van der Waals surface area contributed by atoms with Crippen LogP contribution in [0.3, 0.4) is 0 Å². The Hall–Kier alpha value is -4.10. The van der Waals surface area contributed by atoms with E-state index >= 15 is 0 Å². The third kappa shape index (κ3) is 3.96. The molecule has 0 bridgehead atoms. The number of pyridine rings is 2. The van der Waals surface area contributed by atoms with Gasteiger partial charge in [0.2, 0.25) is 5.43 Å². The van der Waals surface area contributed by atoms with Crippen LogP contribution >= 0.6 is 0 Å². The second-order valence-electron chi connectivity index (χ2n) is 8.77. The Bertz CT molecular complexity index is 1490. The Morgan fingerprint density at radius 2 is 1.76 bits per heavy atom. The summed E-state index contributed by atoms with van der Waals surface area (Å²) in [6, 6.07) is 2.58. The number of nitrogens with one attached hydrogen (secondary N) is 2. The van der Waals surface area contributed by atoms with Gasteiger partial charge in [0, 0.05) is 31.4 Å². The van der Waals surface area contributed by atoms with E-state index in [2.05, 4.69) is 10.3 Å². The van der Waals surface area contributed by atoms with Crippen molar-refractivity contribution >= 4 is 28.8 Å². The molecule has 2 fully saturated rings. The van der Waals surface area contributed by atoms with E-state index in [4.69, 9.17) is 0 Å². The highest BCUT2D eigenvalue weighted by atomic mass is 19.4. The molecule has 0 spiro atoms. The number of halogens is 6. The highest BCUT2D eigenvalue weighted by Gasteiger charge is 2.59. The van der Waals surface area contributed by atoms with Crippen LogP contribution in [-0.2, 0) is 0 Å². The summed E-state index contributed by atoms with van der Waals surface area (Å²) in [4.78, 5) is 43.6. The average molecular weight is 525 g/mol. The summed E-state index contributed by atoms with van der Waals surface area (Å²) in [7, 11) is 0. The molecular formula is C23H17F6N5O3. The van der Waals surface area contributed by atoms with Crippen LogP contribution in [0.5, 0.6) is 0 Å². The van der Waals surface area contributed by atoms with Crippen LogP contribution in [0.25, 0.3) is 16.7 Å².